The van der Waals surface area contributed by atoms with Crippen LogP contribution in [0, 0.1) is 0 Å². The van der Waals surface area contributed by atoms with Crippen LogP contribution in [-0.2, 0) is 0 Å². The zero-order valence-electron chi connectivity index (χ0n) is 26.2. The Morgan fingerprint density at radius 1 is 0.510 bits per heavy atom. The van der Waals surface area contributed by atoms with Crippen molar-refractivity contribution < 1.29 is 4.42 Å². The topological polar surface area (TPSA) is 36.9 Å². The Balaban J connectivity index is 1.26. The first kappa shape index (κ1) is 25.6. The molecule has 0 amide bonds. The van der Waals surface area contributed by atoms with Gasteiger partial charge in [-0.1, -0.05) is 91.0 Å². The molecular formula is C43H25BN4O. The molecule has 3 aromatic heterocycles. The maximum atomic E-state index is 6.22. The Labute approximate surface area is 281 Å². The highest BCUT2D eigenvalue weighted by molar-refractivity contribution is 7.00. The van der Waals surface area contributed by atoms with E-state index in [0.29, 0.717) is 0 Å². The van der Waals surface area contributed by atoms with Crippen LogP contribution >= 0.6 is 0 Å². The van der Waals surface area contributed by atoms with E-state index in [2.05, 4.69) is 165 Å². The summed E-state index contributed by atoms with van der Waals surface area (Å²) in [4.78, 5) is 9.44. The van der Waals surface area contributed by atoms with E-state index >= 15 is 0 Å². The highest BCUT2D eigenvalue weighted by atomic mass is 16.3. The summed E-state index contributed by atoms with van der Waals surface area (Å²) < 4.78 is 8.70. The number of anilines is 6. The van der Waals surface area contributed by atoms with Gasteiger partial charge in [0.25, 0.3) is 6.71 Å². The van der Waals surface area contributed by atoms with Gasteiger partial charge in [0.1, 0.15) is 5.52 Å². The molecule has 0 saturated carbocycles. The van der Waals surface area contributed by atoms with E-state index in [9.17, 15) is 0 Å². The summed E-state index contributed by atoms with van der Waals surface area (Å²) in [6, 6.07) is 53.0. The van der Waals surface area contributed by atoms with E-state index in [1.165, 1.54) is 65.9 Å². The van der Waals surface area contributed by atoms with E-state index in [4.69, 9.17) is 4.42 Å². The van der Waals surface area contributed by atoms with E-state index in [0.717, 1.165) is 33.8 Å². The maximum absolute atomic E-state index is 6.22. The number of oxazole rings is 1. The molecule has 0 aliphatic carbocycles. The average Bonchev–Trinajstić information content (AvgIpc) is 3.87. The van der Waals surface area contributed by atoms with Gasteiger partial charge in [-0.25, -0.2) is 4.98 Å². The van der Waals surface area contributed by atoms with Crippen LogP contribution in [0.25, 0.3) is 49.2 Å². The molecule has 0 atom stereocenters. The molecule has 0 N–H and O–H groups in total. The SMILES string of the molecule is c1ccc(N2c3cc4c(cc3B3c5ccc6ncoc6c5N(c5ccccc5)c5cccc2c53)c2cccc3c5ccccc5n4c32)cc1. The molecule has 0 radical (unpaired) electrons. The first-order valence-electron chi connectivity index (χ1n) is 16.8. The van der Waals surface area contributed by atoms with Crippen LogP contribution in [0.2, 0.25) is 0 Å². The van der Waals surface area contributed by atoms with Crippen LogP contribution in [0.1, 0.15) is 0 Å². The average molecular weight is 625 g/mol. The highest BCUT2D eigenvalue weighted by Gasteiger charge is 2.44. The fourth-order valence-corrected chi connectivity index (χ4v) is 8.95. The van der Waals surface area contributed by atoms with Crippen molar-refractivity contribution in [3.63, 3.8) is 0 Å². The summed E-state index contributed by atoms with van der Waals surface area (Å²) in [5.74, 6) is 0. The molecule has 226 valence electrons. The second-order valence-electron chi connectivity index (χ2n) is 13.2. The molecule has 0 fully saturated rings. The smallest absolute Gasteiger partial charge is 0.252 e. The Hall–Kier alpha value is -6.53. The van der Waals surface area contributed by atoms with Crippen LogP contribution in [-0.4, -0.2) is 16.1 Å². The van der Waals surface area contributed by atoms with E-state index in [1.807, 2.05) is 0 Å². The monoisotopic (exact) mass is 624 g/mol. The number of hydrogen-bond acceptors (Lipinski definition) is 4. The lowest BCUT2D eigenvalue weighted by Gasteiger charge is -2.43. The third kappa shape index (κ3) is 3.14. The number of benzene rings is 7. The number of aromatic nitrogens is 2. The molecule has 2 aliphatic heterocycles. The lowest BCUT2D eigenvalue weighted by atomic mass is 9.33. The number of rotatable bonds is 2. The summed E-state index contributed by atoms with van der Waals surface area (Å²) in [6.07, 6.45) is 1.57. The second kappa shape index (κ2) is 9.09. The zero-order valence-corrected chi connectivity index (χ0v) is 26.2. The molecule has 0 saturated heterocycles. The molecule has 6 heteroatoms. The van der Waals surface area contributed by atoms with Crippen molar-refractivity contribution in [3.8, 4) is 0 Å². The number of hydrogen-bond donors (Lipinski definition) is 0. The molecule has 0 unspecified atom stereocenters. The van der Waals surface area contributed by atoms with Gasteiger partial charge in [-0.05, 0) is 71.0 Å². The van der Waals surface area contributed by atoms with Gasteiger partial charge < -0.3 is 18.6 Å². The van der Waals surface area contributed by atoms with Crippen LogP contribution in [0.3, 0.4) is 0 Å². The lowest BCUT2D eigenvalue weighted by molar-refractivity contribution is 0.602. The minimum atomic E-state index is -0.0215. The maximum Gasteiger partial charge on any atom is 0.252 e. The Morgan fingerprint density at radius 2 is 1.18 bits per heavy atom. The lowest BCUT2D eigenvalue weighted by Crippen LogP contribution is -2.61. The molecular weight excluding hydrogens is 599 g/mol. The van der Waals surface area contributed by atoms with Gasteiger partial charge in [-0.2, -0.15) is 0 Å². The van der Waals surface area contributed by atoms with Crippen molar-refractivity contribution in [1.29, 1.82) is 0 Å². The van der Waals surface area contributed by atoms with Gasteiger partial charge in [0.15, 0.2) is 12.0 Å². The fraction of sp³-hybridized carbons (Fsp3) is 0. The molecule has 0 bridgehead atoms. The minimum absolute atomic E-state index is 0.0215. The Morgan fingerprint density at radius 3 is 2.00 bits per heavy atom. The number of nitrogens with zero attached hydrogens (tertiary/aromatic N) is 4. The fourth-order valence-electron chi connectivity index (χ4n) is 8.95. The summed E-state index contributed by atoms with van der Waals surface area (Å²) in [7, 11) is 0. The van der Waals surface area contributed by atoms with E-state index in [1.54, 1.807) is 6.39 Å². The Kier molecular flexibility index (Phi) is 4.74. The minimum Gasteiger partial charge on any atom is -0.441 e. The van der Waals surface area contributed by atoms with Crippen LogP contribution in [0.4, 0.5) is 34.1 Å². The van der Waals surface area contributed by atoms with Gasteiger partial charge in [0.05, 0.1) is 22.2 Å². The quantitative estimate of drug-likeness (QED) is 0.180. The normalized spacial score (nSPS) is 13.6. The van der Waals surface area contributed by atoms with Crippen molar-refractivity contribution in [2.24, 2.45) is 0 Å². The predicted molar refractivity (Wildman–Crippen MR) is 203 cm³/mol. The largest absolute Gasteiger partial charge is 0.441 e. The predicted octanol–water partition coefficient (Wildman–Crippen LogP) is 9.06. The summed E-state index contributed by atoms with van der Waals surface area (Å²) in [6.45, 7) is -0.0215. The molecule has 5 nitrogen and oxygen atoms in total. The third-order valence-corrected chi connectivity index (χ3v) is 10.8. The first-order chi connectivity index (χ1) is 24.3. The molecule has 0 spiro atoms. The third-order valence-electron chi connectivity index (χ3n) is 10.8. The van der Waals surface area contributed by atoms with Crippen molar-refractivity contribution in [2.45, 2.75) is 0 Å². The standard InChI is InChI=1S/C43H25BN4O/c1-3-11-26(12-4-1)46-36-19-10-20-37-40(36)44(32-21-22-34-43(49-25-45-34)42(32)47(37)27-13-5-2-6-14-27)33-23-31-30-17-9-16-29-28-15-7-8-18-35(28)48(41(29)30)38(31)24-39(33)46/h1-25H. The summed E-state index contributed by atoms with van der Waals surface area (Å²) in [5, 5.41) is 5.13. The molecule has 2 aliphatic rings. The molecule has 49 heavy (non-hydrogen) atoms. The van der Waals surface area contributed by atoms with E-state index < -0.39 is 0 Å². The van der Waals surface area contributed by atoms with Crippen molar-refractivity contribution in [1.82, 2.24) is 9.38 Å². The second-order valence-corrected chi connectivity index (χ2v) is 13.2. The molecule has 5 heterocycles. The van der Waals surface area contributed by atoms with Crippen molar-refractivity contribution in [2.75, 3.05) is 9.80 Å². The van der Waals surface area contributed by atoms with Gasteiger partial charge in [-0.3, -0.25) is 0 Å². The number of fused-ring (bicyclic) bond motifs is 12. The summed E-state index contributed by atoms with van der Waals surface area (Å²) in [5.41, 5.74) is 16.0. The molecule has 7 aromatic carbocycles. The zero-order chi connectivity index (χ0) is 31.8. The summed E-state index contributed by atoms with van der Waals surface area (Å²) >= 11 is 0. The van der Waals surface area contributed by atoms with Gasteiger partial charge in [0, 0.05) is 50.0 Å². The van der Waals surface area contributed by atoms with Gasteiger partial charge in [-0.15, -0.1) is 0 Å². The van der Waals surface area contributed by atoms with Crippen LogP contribution in [0.15, 0.2) is 156 Å². The van der Waals surface area contributed by atoms with Gasteiger partial charge in [0.2, 0.25) is 0 Å². The molecule has 12 rings (SSSR count). The highest BCUT2D eigenvalue weighted by Crippen LogP contribution is 2.47. The van der Waals surface area contributed by atoms with Crippen molar-refractivity contribution in [3.05, 3.63) is 152 Å². The molecule has 10 aromatic rings. The van der Waals surface area contributed by atoms with Gasteiger partial charge >= 0.3 is 0 Å². The van der Waals surface area contributed by atoms with Crippen LogP contribution in [0.5, 0.6) is 0 Å². The number of para-hydroxylation sites is 4. The first-order valence-corrected chi connectivity index (χ1v) is 16.8. The van der Waals surface area contributed by atoms with Crippen LogP contribution < -0.4 is 26.2 Å². The Bertz CT molecular complexity index is 2970. The van der Waals surface area contributed by atoms with E-state index in [-0.39, 0.29) is 6.71 Å². The van der Waals surface area contributed by atoms with Crippen molar-refractivity contribution >= 4 is 106 Å².